The normalized spacial score (nSPS) is 16.2. The molecule has 2 amide bonds. The second-order valence-electron chi connectivity index (χ2n) is 5.46. The monoisotopic (exact) mass is 360 g/mol. The molecule has 1 aromatic carbocycles. The zero-order chi connectivity index (χ0) is 18.0. The highest BCUT2D eigenvalue weighted by molar-refractivity contribution is 7.15. The molecule has 9 heteroatoms. The summed E-state index contributed by atoms with van der Waals surface area (Å²) in [6.45, 7) is 3.41. The maximum atomic E-state index is 12.6. The molecule has 0 saturated heterocycles. The lowest BCUT2D eigenvalue weighted by atomic mass is 10.1. The Balaban J connectivity index is 1.86. The van der Waals surface area contributed by atoms with Crippen molar-refractivity contribution in [1.29, 1.82) is 0 Å². The van der Waals surface area contributed by atoms with Crippen LogP contribution in [0.25, 0.3) is 0 Å². The summed E-state index contributed by atoms with van der Waals surface area (Å²) in [5.74, 6) is -0.248. The van der Waals surface area contributed by atoms with Crippen molar-refractivity contribution in [1.82, 2.24) is 10.2 Å². The van der Waals surface area contributed by atoms with Crippen molar-refractivity contribution >= 4 is 40.3 Å². The Morgan fingerprint density at radius 1 is 1.44 bits per heavy atom. The van der Waals surface area contributed by atoms with Crippen LogP contribution >= 0.6 is 11.3 Å². The van der Waals surface area contributed by atoms with Gasteiger partial charge in [0.05, 0.1) is 5.69 Å². The third kappa shape index (κ3) is 3.50. The molecule has 0 aliphatic carbocycles. The maximum absolute atomic E-state index is 12.6. The molecule has 8 nitrogen and oxygen atoms in total. The number of rotatable bonds is 5. The number of anilines is 2. The second kappa shape index (κ2) is 6.98. The van der Waals surface area contributed by atoms with Crippen molar-refractivity contribution in [2.24, 2.45) is 0 Å². The van der Waals surface area contributed by atoms with Gasteiger partial charge in [0.2, 0.25) is 11.0 Å². The molecule has 1 unspecified atom stereocenters. The molecule has 1 atom stereocenters. The van der Waals surface area contributed by atoms with E-state index < -0.39 is 12.0 Å². The Morgan fingerprint density at radius 3 is 2.88 bits per heavy atom. The summed E-state index contributed by atoms with van der Waals surface area (Å²) in [4.78, 5) is 37.3. The van der Waals surface area contributed by atoms with Crippen LogP contribution in [-0.2, 0) is 9.59 Å². The zero-order valence-electron chi connectivity index (χ0n) is 13.7. The van der Waals surface area contributed by atoms with E-state index in [1.807, 2.05) is 6.92 Å². The van der Waals surface area contributed by atoms with E-state index in [1.165, 1.54) is 22.3 Å². The highest BCUT2D eigenvalue weighted by Gasteiger charge is 2.34. The molecule has 0 bridgehead atoms. The van der Waals surface area contributed by atoms with Gasteiger partial charge in [-0.1, -0.05) is 18.3 Å². The summed E-state index contributed by atoms with van der Waals surface area (Å²) in [6, 6.07) is 4.78. The highest BCUT2D eigenvalue weighted by atomic mass is 32.1. The largest absolute Gasteiger partial charge is 0.478 e. The Labute approximate surface area is 147 Å². The van der Waals surface area contributed by atoms with Gasteiger partial charge in [-0.25, -0.2) is 0 Å². The highest BCUT2D eigenvalue weighted by Crippen LogP contribution is 2.35. The Kier molecular flexibility index (Phi) is 4.75. The number of carbonyl (C=O) groups excluding carboxylic acids is 3. The van der Waals surface area contributed by atoms with E-state index in [-0.39, 0.29) is 12.5 Å². The second-order valence-corrected chi connectivity index (χ2v) is 6.64. The van der Waals surface area contributed by atoms with Crippen LogP contribution in [0.15, 0.2) is 18.2 Å². The van der Waals surface area contributed by atoms with Crippen LogP contribution in [0.4, 0.5) is 10.8 Å². The van der Waals surface area contributed by atoms with Crippen molar-refractivity contribution < 1.29 is 19.1 Å². The first kappa shape index (κ1) is 17.0. The summed E-state index contributed by atoms with van der Waals surface area (Å²) in [5, 5.41) is 11.4. The van der Waals surface area contributed by atoms with Gasteiger partial charge < -0.3 is 4.74 Å². The number of aromatic nitrogens is 2. The predicted molar refractivity (Wildman–Crippen MR) is 92.2 cm³/mol. The van der Waals surface area contributed by atoms with E-state index in [4.69, 9.17) is 4.74 Å². The van der Waals surface area contributed by atoms with Crippen molar-refractivity contribution in [2.75, 3.05) is 16.8 Å². The Bertz CT molecular complexity index is 835. The third-order valence-electron chi connectivity index (χ3n) is 3.67. The maximum Gasteiger partial charge on any atom is 0.268 e. The van der Waals surface area contributed by atoms with E-state index in [1.54, 1.807) is 19.1 Å². The molecular weight excluding hydrogens is 344 g/mol. The van der Waals surface area contributed by atoms with Gasteiger partial charge in [0.15, 0.2) is 6.10 Å². The van der Waals surface area contributed by atoms with Crippen molar-refractivity contribution in [3.05, 3.63) is 28.8 Å². The topological polar surface area (TPSA) is 101 Å². The van der Waals surface area contributed by atoms with Gasteiger partial charge in [-0.05, 0) is 31.5 Å². The van der Waals surface area contributed by atoms with Crippen LogP contribution < -0.4 is 15.0 Å². The lowest BCUT2D eigenvalue weighted by molar-refractivity contribution is -0.128. The van der Waals surface area contributed by atoms with E-state index >= 15 is 0 Å². The summed E-state index contributed by atoms with van der Waals surface area (Å²) < 4.78 is 5.67. The van der Waals surface area contributed by atoms with Gasteiger partial charge in [-0.3, -0.25) is 24.6 Å². The number of carbonyl (C=O) groups is 3. The third-order valence-corrected chi connectivity index (χ3v) is 4.42. The molecule has 0 spiro atoms. The predicted octanol–water partition coefficient (Wildman–Crippen LogP) is 1.80. The smallest absolute Gasteiger partial charge is 0.268 e. The quantitative estimate of drug-likeness (QED) is 0.816. The van der Waals surface area contributed by atoms with Crippen LogP contribution in [0.1, 0.15) is 28.7 Å². The first-order chi connectivity index (χ1) is 12.0. The first-order valence-corrected chi connectivity index (χ1v) is 8.50. The number of nitrogens with one attached hydrogen (secondary N) is 1. The number of hydrogen-bond donors (Lipinski definition) is 1. The lowest BCUT2D eigenvalue weighted by Crippen LogP contribution is -2.48. The van der Waals surface area contributed by atoms with Crippen molar-refractivity contribution in [3.8, 4) is 5.75 Å². The fourth-order valence-corrected chi connectivity index (χ4v) is 3.09. The molecule has 1 aliphatic heterocycles. The van der Waals surface area contributed by atoms with E-state index in [9.17, 15) is 14.4 Å². The molecule has 130 valence electrons. The molecule has 0 saturated carbocycles. The van der Waals surface area contributed by atoms with Gasteiger partial charge in [0.1, 0.15) is 23.6 Å². The van der Waals surface area contributed by atoms with E-state index in [0.717, 1.165) is 5.01 Å². The molecule has 1 aromatic heterocycles. The SMILES string of the molecule is CCC1Oc2ccc(C=O)cc2N(CC(=O)Nc2nnc(C)s2)C1=O. The number of aryl methyl sites for hydroxylation is 1. The molecule has 1 aliphatic rings. The summed E-state index contributed by atoms with van der Waals surface area (Å²) in [6.07, 6.45) is 0.492. The number of benzene rings is 1. The molecular formula is C16H16N4O4S. The van der Waals surface area contributed by atoms with Crippen LogP contribution in [0.3, 0.4) is 0 Å². The van der Waals surface area contributed by atoms with Crippen LogP contribution in [0.5, 0.6) is 5.75 Å². The number of aldehydes is 1. The summed E-state index contributed by atoms with van der Waals surface area (Å²) in [7, 11) is 0. The summed E-state index contributed by atoms with van der Waals surface area (Å²) in [5.41, 5.74) is 0.804. The fourth-order valence-electron chi connectivity index (χ4n) is 2.49. The van der Waals surface area contributed by atoms with E-state index in [0.29, 0.717) is 34.8 Å². The van der Waals surface area contributed by atoms with Crippen molar-refractivity contribution in [3.63, 3.8) is 0 Å². The minimum absolute atomic E-state index is 0.202. The minimum Gasteiger partial charge on any atom is -0.478 e. The summed E-state index contributed by atoms with van der Waals surface area (Å²) >= 11 is 1.25. The zero-order valence-corrected chi connectivity index (χ0v) is 14.5. The van der Waals surface area contributed by atoms with Gasteiger partial charge in [0, 0.05) is 5.56 Å². The van der Waals surface area contributed by atoms with Crippen LogP contribution in [0, 0.1) is 6.92 Å². The average Bonchev–Trinajstić information content (AvgIpc) is 3.01. The lowest BCUT2D eigenvalue weighted by Gasteiger charge is -2.33. The number of hydrogen-bond acceptors (Lipinski definition) is 7. The Morgan fingerprint density at radius 2 is 2.24 bits per heavy atom. The molecule has 25 heavy (non-hydrogen) atoms. The number of amides is 2. The van der Waals surface area contributed by atoms with E-state index in [2.05, 4.69) is 15.5 Å². The fraction of sp³-hybridized carbons (Fsp3) is 0.312. The molecule has 2 heterocycles. The molecule has 2 aromatic rings. The standard InChI is InChI=1S/C16H16N4O4S/c1-3-12-15(23)20(7-14(22)17-16-19-18-9(2)25-16)11-6-10(8-21)4-5-13(11)24-12/h4-6,8,12H,3,7H2,1-2H3,(H,17,19,22). The number of nitrogens with zero attached hydrogens (tertiary/aromatic N) is 3. The van der Waals surface area contributed by atoms with Gasteiger partial charge in [0.25, 0.3) is 5.91 Å². The van der Waals surface area contributed by atoms with Crippen LogP contribution in [0.2, 0.25) is 0 Å². The number of fused-ring (bicyclic) bond motifs is 1. The Hall–Kier alpha value is -2.81. The van der Waals surface area contributed by atoms with Gasteiger partial charge >= 0.3 is 0 Å². The van der Waals surface area contributed by atoms with Gasteiger partial charge in [-0.15, -0.1) is 10.2 Å². The average molecular weight is 360 g/mol. The number of ether oxygens (including phenoxy) is 1. The molecule has 3 rings (SSSR count). The minimum atomic E-state index is -0.661. The van der Waals surface area contributed by atoms with Crippen LogP contribution in [-0.4, -0.2) is 40.9 Å². The van der Waals surface area contributed by atoms with Crippen molar-refractivity contribution in [2.45, 2.75) is 26.4 Å². The first-order valence-electron chi connectivity index (χ1n) is 7.69. The molecule has 0 radical (unpaired) electrons. The molecule has 1 N–H and O–H groups in total. The van der Waals surface area contributed by atoms with Gasteiger partial charge in [-0.2, -0.15) is 0 Å². The molecule has 0 fully saturated rings.